The third kappa shape index (κ3) is 4.31. The molecule has 0 aliphatic rings. The molecule has 0 atom stereocenters. The van der Waals surface area contributed by atoms with Crippen LogP contribution in [0.25, 0.3) is 6.08 Å². The first kappa shape index (κ1) is 13.2. The predicted octanol–water partition coefficient (Wildman–Crippen LogP) is 3.92. The van der Waals surface area contributed by atoms with Crippen molar-refractivity contribution >= 4 is 13.7 Å². The molecule has 16 heavy (non-hydrogen) atoms. The molecule has 1 rings (SSSR count). The summed E-state index contributed by atoms with van der Waals surface area (Å²) in [6, 6.07) is 9.64. The highest BCUT2D eigenvalue weighted by molar-refractivity contribution is 7.57. The summed E-state index contributed by atoms with van der Waals surface area (Å²) in [6.45, 7) is 4.33. The molecule has 4 heteroatoms. The smallest absolute Gasteiger partial charge is 0.306 e. The molecular weight excluding hydrogens is 223 g/mol. The van der Waals surface area contributed by atoms with E-state index in [1.165, 1.54) is 5.82 Å². The maximum atomic E-state index is 12.1. The molecule has 0 N–H and O–H groups in total. The Bertz CT molecular complexity index is 363. The van der Waals surface area contributed by atoms with Gasteiger partial charge in [-0.05, 0) is 25.5 Å². The lowest BCUT2D eigenvalue weighted by Crippen LogP contribution is -1.92. The Hall–Kier alpha value is -0.890. The van der Waals surface area contributed by atoms with Crippen molar-refractivity contribution in [3.63, 3.8) is 0 Å². The summed E-state index contributed by atoms with van der Waals surface area (Å²) in [5.41, 5.74) is 0.974. The second-order valence-corrected chi connectivity index (χ2v) is 5.00. The molecule has 0 aromatic heterocycles. The summed E-state index contributed by atoms with van der Waals surface area (Å²) in [4.78, 5) is 0. The van der Waals surface area contributed by atoms with E-state index in [1.54, 1.807) is 19.9 Å². The zero-order valence-corrected chi connectivity index (χ0v) is 10.5. The third-order valence-corrected chi connectivity index (χ3v) is 3.62. The first-order valence-electron chi connectivity index (χ1n) is 5.33. The van der Waals surface area contributed by atoms with Gasteiger partial charge in [0, 0.05) is 5.82 Å². The number of rotatable bonds is 6. The van der Waals surface area contributed by atoms with Crippen molar-refractivity contribution in [2.45, 2.75) is 13.8 Å². The van der Waals surface area contributed by atoms with Crippen molar-refractivity contribution in [1.29, 1.82) is 0 Å². The summed E-state index contributed by atoms with van der Waals surface area (Å²) in [7, 11) is -3.07. The lowest BCUT2D eigenvalue weighted by atomic mass is 10.2. The lowest BCUT2D eigenvalue weighted by molar-refractivity contribution is 0.229. The highest BCUT2D eigenvalue weighted by Gasteiger charge is 2.18. The Kier molecular flexibility index (Phi) is 5.47. The molecular formula is C12H17O3P. The van der Waals surface area contributed by atoms with Gasteiger partial charge in [-0.1, -0.05) is 30.3 Å². The van der Waals surface area contributed by atoms with Crippen LogP contribution in [0.4, 0.5) is 0 Å². The van der Waals surface area contributed by atoms with Gasteiger partial charge in [0.1, 0.15) is 0 Å². The highest BCUT2D eigenvalue weighted by atomic mass is 31.2. The van der Waals surface area contributed by atoms with Gasteiger partial charge in [0.05, 0.1) is 13.2 Å². The van der Waals surface area contributed by atoms with Gasteiger partial charge in [-0.15, -0.1) is 0 Å². The van der Waals surface area contributed by atoms with Gasteiger partial charge in [0.15, 0.2) is 0 Å². The molecule has 0 heterocycles. The van der Waals surface area contributed by atoms with Crippen molar-refractivity contribution in [3.8, 4) is 0 Å². The first-order valence-corrected chi connectivity index (χ1v) is 6.94. The van der Waals surface area contributed by atoms with Crippen molar-refractivity contribution in [2.75, 3.05) is 13.2 Å². The van der Waals surface area contributed by atoms with Crippen LogP contribution < -0.4 is 0 Å². The average molecular weight is 240 g/mol. The van der Waals surface area contributed by atoms with E-state index in [1.807, 2.05) is 30.3 Å². The van der Waals surface area contributed by atoms with Gasteiger partial charge in [-0.25, -0.2) is 0 Å². The summed E-state index contributed by atoms with van der Waals surface area (Å²) in [5.74, 6) is 1.51. The molecule has 0 saturated heterocycles. The number of benzene rings is 1. The van der Waals surface area contributed by atoms with Gasteiger partial charge in [0.2, 0.25) is 0 Å². The summed E-state index contributed by atoms with van der Waals surface area (Å²) in [6.07, 6.45) is 1.76. The Morgan fingerprint density at radius 1 is 1.12 bits per heavy atom. The van der Waals surface area contributed by atoms with Gasteiger partial charge in [-0.2, -0.15) is 0 Å². The van der Waals surface area contributed by atoms with Crippen LogP contribution in [-0.4, -0.2) is 13.2 Å². The van der Waals surface area contributed by atoms with Crippen molar-refractivity contribution < 1.29 is 13.6 Å². The molecule has 0 saturated carbocycles. The van der Waals surface area contributed by atoms with Gasteiger partial charge < -0.3 is 9.05 Å². The third-order valence-electron chi connectivity index (χ3n) is 1.87. The largest absolute Gasteiger partial charge is 0.354 e. The van der Waals surface area contributed by atoms with Gasteiger partial charge in [0.25, 0.3) is 0 Å². The molecule has 0 amide bonds. The molecule has 0 bridgehead atoms. The van der Waals surface area contributed by atoms with E-state index in [0.29, 0.717) is 13.2 Å². The molecule has 0 aliphatic carbocycles. The van der Waals surface area contributed by atoms with Crippen LogP contribution in [0.5, 0.6) is 0 Å². The second-order valence-electron chi connectivity index (χ2n) is 3.10. The highest BCUT2D eigenvalue weighted by Crippen LogP contribution is 2.49. The molecule has 3 nitrogen and oxygen atoms in total. The van der Waals surface area contributed by atoms with E-state index in [4.69, 9.17) is 9.05 Å². The minimum absolute atomic E-state index is 0.371. The Morgan fingerprint density at radius 3 is 2.19 bits per heavy atom. The topological polar surface area (TPSA) is 35.5 Å². The molecule has 88 valence electrons. The van der Waals surface area contributed by atoms with E-state index in [0.717, 1.165) is 5.56 Å². The monoisotopic (exact) mass is 240 g/mol. The summed E-state index contributed by atoms with van der Waals surface area (Å²) < 4.78 is 22.3. The minimum atomic E-state index is -3.07. The second kappa shape index (κ2) is 6.64. The van der Waals surface area contributed by atoms with E-state index in [-0.39, 0.29) is 0 Å². The Balaban J connectivity index is 2.75. The number of hydrogen-bond acceptors (Lipinski definition) is 3. The van der Waals surface area contributed by atoms with Crippen LogP contribution in [0, 0.1) is 0 Å². The van der Waals surface area contributed by atoms with Crippen LogP contribution in [0.1, 0.15) is 19.4 Å². The fourth-order valence-corrected chi connectivity index (χ4v) is 2.55. The predicted molar refractivity (Wildman–Crippen MR) is 66.3 cm³/mol. The van der Waals surface area contributed by atoms with Gasteiger partial charge in [-0.3, -0.25) is 4.57 Å². The minimum Gasteiger partial charge on any atom is -0.306 e. The quantitative estimate of drug-likeness (QED) is 0.707. The molecule has 0 unspecified atom stereocenters. The van der Waals surface area contributed by atoms with E-state index < -0.39 is 7.60 Å². The fraction of sp³-hybridized carbons (Fsp3) is 0.333. The van der Waals surface area contributed by atoms with Crippen LogP contribution >= 0.6 is 7.60 Å². The lowest BCUT2D eigenvalue weighted by Gasteiger charge is -2.12. The molecule has 0 spiro atoms. The van der Waals surface area contributed by atoms with Crippen LogP contribution in [0.3, 0.4) is 0 Å². The Labute approximate surface area is 96.6 Å². The maximum Gasteiger partial charge on any atom is 0.354 e. The molecule has 0 radical (unpaired) electrons. The summed E-state index contributed by atoms with van der Waals surface area (Å²) >= 11 is 0. The first-order chi connectivity index (χ1) is 7.70. The van der Waals surface area contributed by atoms with Crippen LogP contribution in [0.15, 0.2) is 36.1 Å². The van der Waals surface area contributed by atoms with Crippen LogP contribution in [-0.2, 0) is 13.6 Å². The van der Waals surface area contributed by atoms with E-state index in [9.17, 15) is 4.57 Å². The van der Waals surface area contributed by atoms with E-state index in [2.05, 4.69) is 0 Å². The average Bonchev–Trinajstić information content (AvgIpc) is 2.29. The van der Waals surface area contributed by atoms with Crippen molar-refractivity contribution in [1.82, 2.24) is 0 Å². The van der Waals surface area contributed by atoms with Gasteiger partial charge >= 0.3 is 7.60 Å². The molecule has 0 fully saturated rings. The SMILES string of the molecule is CCOP(=O)(/C=C/c1ccccc1)OCC. The molecule has 0 aliphatic heterocycles. The zero-order valence-electron chi connectivity index (χ0n) is 9.63. The molecule has 1 aromatic carbocycles. The fourth-order valence-electron chi connectivity index (χ4n) is 1.22. The maximum absolute atomic E-state index is 12.1. The van der Waals surface area contributed by atoms with Crippen LogP contribution in [0.2, 0.25) is 0 Å². The zero-order chi connectivity index (χ0) is 11.9. The van der Waals surface area contributed by atoms with Crippen molar-refractivity contribution in [2.24, 2.45) is 0 Å². The van der Waals surface area contributed by atoms with Crippen molar-refractivity contribution in [3.05, 3.63) is 41.7 Å². The van der Waals surface area contributed by atoms with E-state index >= 15 is 0 Å². The standard InChI is InChI=1S/C12H17O3P/c1-3-14-16(13,15-4-2)11-10-12-8-6-5-7-9-12/h5-11H,3-4H2,1-2H3/b11-10+. The number of hydrogen-bond donors (Lipinski definition) is 0. The Morgan fingerprint density at radius 2 is 1.69 bits per heavy atom. The normalized spacial score (nSPS) is 12.1. The summed E-state index contributed by atoms with van der Waals surface area (Å²) in [5, 5.41) is 0. The molecule has 1 aromatic rings.